The van der Waals surface area contributed by atoms with E-state index in [1.165, 1.54) is 12.8 Å². The molecule has 1 aromatic rings. The molecular formula is C14H18BrClN2O. The molecule has 1 unspecified atom stereocenters. The van der Waals surface area contributed by atoms with E-state index >= 15 is 0 Å². The van der Waals surface area contributed by atoms with Crippen LogP contribution in [0.4, 0.5) is 0 Å². The third kappa shape index (κ3) is 4.20. The standard InChI is InChI=1S/C14H18BrClN2O/c1-18-6-2-3-10(9-18)8-17-14(19)11-4-5-13(16)12(15)7-11/h4-5,7,10H,2-3,6,8-9H2,1H3,(H,17,19). The molecule has 0 bridgehead atoms. The number of halogens is 2. The summed E-state index contributed by atoms with van der Waals surface area (Å²) in [7, 11) is 2.13. The van der Waals surface area contributed by atoms with E-state index in [4.69, 9.17) is 11.6 Å². The van der Waals surface area contributed by atoms with Crippen LogP contribution in [0.1, 0.15) is 23.2 Å². The molecule has 1 amide bonds. The average molecular weight is 346 g/mol. The van der Waals surface area contributed by atoms with E-state index in [-0.39, 0.29) is 5.91 Å². The molecule has 5 heteroatoms. The molecular weight excluding hydrogens is 328 g/mol. The molecule has 1 heterocycles. The maximum Gasteiger partial charge on any atom is 0.251 e. The van der Waals surface area contributed by atoms with Crippen LogP contribution < -0.4 is 5.32 Å². The van der Waals surface area contributed by atoms with Gasteiger partial charge in [-0.25, -0.2) is 0 Å². The van der Waals surface area contributed by atoms with Crippen molar-refractivity contribution in [2.24, 2.45) is 5.92 Å². The Labute approximate surface area is 127 Å². The van der Waals surface area contributed by atoms with E-state index in [0.717, 1.165) is 24.1 Å². The van der Waals surface area contributed by atoms with Gasteiger partial charge in [-0.15, -0.1) is 0 Å². The average Bonchev–Trinajstić information content (AvgIpc) is 2.39. The molecule has 0 aliphatic carbocycles. The second-order valence-corrected chi connectivity index (χ2v) is 6.37. The summed E-state index contributed by atoms with van der Waals surface area (Å²) in [6, 6.07) is 5.23. The highest BCUT2D eigenvalue weighted by Crippen LogP contribution is 2.23. The maximum atomic E-state index is 12.0. The topological polar surface area (TPSA) is 32.3 Å². The highest BCUT2D eigenvalue weighted by Gasteiger charge is 2.18. The summed E-state index contributed by atoms with van der Waals surface area (Å²) in [6.07, 6.45) is 2.40. The van der Waals surface area contributed by atoms with Crippen LogP contribution in [0.2, 0.25) is 5.02 Å². The number of nitrogens with zero attached hydrogens (tertiary/aromatic N) is 1. The van der Waals surface area contributed by atoms with Crippen molar-refractivity contribution >= 4 is 33.4 Å². The van der Waals surface area contributed by atoms with Crippen molar-refractivity contribution in [3.8, 4) is 0 Å². The van der Waals surface area contributed by atoms with Crippen molar-refractivity contribution in [1.82, 2.24) is 10.2 Å². The first kappa shape index (κ1) is 14.8. The van der Waals surface area contributed by atoms with Crippen LogP contribution in [0, 0.1) is 5.92 Å². The fourth-order valence-electron chi connectivity index (χ4n) is 2.42. The van der Waals surface area contributed by atoms with Crippen LogP contribution in [0.3, 0.4) is 0 Å². The van der Waals surface area contributed by atoms with Crippen molar-refractivity contribution in [2.45, 2.75) is 12.8 Å². The van der Waals surface area contributed by atoms with E-state index in [0.29, 0.717) is 16.5 Å². The largest absolute Gasteiger partial charge is 0.352 e. The number of rotatable bonds is 3. The SMILES string of the molecule is CN1CCCC(CNC(=O)c2ccc(Cl)c(Br)c2)C1. The molecule has 1 aliphatic rings. The number of benzene rings is 1. The summed E-state index contributed by atoms with van der Waals surface area (Å²) in [5, 5.41) is 3.62. The molecule has 19 heavy (non-hydrogen) atoms. The molecule has 1 aromatic carbocycles. The minimum absolute atomic E-state index is 0.0365. The van der Waals surface area contributed by atoms with Gasteiger partial charge in [-0.1, -0.05) is 11.6 Å². The molecule has 2 rings (SSSR count). The lowest BCUT2D eigenvalue weighted by Gasteiger charge is -2.29. The summed E-state index contributed by atoms with van der Waals surface area (Å²) in [5.41, 5.74) is 0.639. The first-order valence-electron chi connectivity index (χ1n) is 6.48. The first-order valence-corrected chi connectivity index (χ1v) is 7.65. The highest BCUT2D eigenvalue weighted by molar-refractivity contribution is 9.10. The van der Waals surface area contributed by atoms with E-state index < -0.39 is 0 Å². The van der Waals surface area contributed by atoms with Crippen LogP contribution in [0.5, 0.6) is 0 Å². The minimum Gasteiger partial charge on any atom is -0.352 e. The Morgan fingerprint density at radius 1 is 1.58 bits per heavy atom. The fraction of sp³-hybridized carbons (Fsp3) is 0.500. The van der Waals surface area contributed by atoms with Gasteiger partial charge in [0, 0.05) is 23.1 Å². The number of nitrogens with one attached hydrogen (secondary N) is 1. The Bertz CT molecular complexity index is 467. The normalized spacial score (nSPS) is 20.3. The highest BCUT2D eigenvalue weighted by atomic mass is 79.9. The van der Waals surface area contributed by atoms with Gasteiger partial charge >= 0.3 is 0 Å². The number of carbonyl (C=O) groups excluding carboxylic acids is 1. The van der Waals surface area contributed by atoms with Gasteiger partial charge in [-0.3, -0.25) is 4.79 Å². The van der Waals surface area contributed by atoms with E-state index in [2.05, 4.69) is 33.2 Å². The summed E-state index contributed by atoms with van der Waals surface area (Å²) in [6.45, 7) is 2.96. The van der Waals surface area contributed by atoms with Gasteiger partial charge in [0.15, 0.2) is 0 Å². The molecule has 3 nitrogen and oxygen atoms in total. The monoisotopic (exact) mass is 344 g/mol. The summed E-state index contributed by atoms with van der Waals surface area (Å²) in [5.74, 6) is 0.518. The van der Waals surface area contributed by atoms with Crippen LogP contribution in [-0.2, 0) is 0 Å². The molecule has 1 fully saturated rings. The smallest absolute Gasteiger partial charge is 0.251 e. The molecule has 0 aromatic heterocycles. The minimum atomic E-state index is -0.0365. The second-order valence-electron chi connectivity index (χ2n) is 5.11. The van der Waals surface area contributed by atoms with Crippen molar-refractivity contribution in [3.63, 3.8) is 0 Å². The molecule has 0 spiro atoms. The zero-order chi connectivity index (χ0) is 13.8. The van der Waals surface area contributed by atoms with Gasteiger partial charge in [-0.05, 0) is 66.5 Å². The number of carbonyl (C=O) groups is 1. The predicted molar refractivity (Wildman–Crippen MR) is 81.7 cm³/mol. The van der Waals surface area contributed by atoms with Crippen molar-refractivity contribution in [3.05, 3.63) is 33.3 Å². The zero-order valence-electron chi connectivity index (χ0n) is 11.0. The van der Waals surface area contributed by atoms with E-state index in [1.807, 2.05) is 0 Å². The molecule has 104 valence electrons. The Balaban J connectivity index is 1.88. The Morgan fingerprint density at radius 3 is 3.05 bits per heavy atom. The second kappa shape index (κ2) is 6.73. The number of piperidine rings is 1. The lowest BCUT2D eigenvalue weighted by molar-refractivity contribution is 0.0937. The van der Waals surface area contributed by atoms with E-state index in [9.17, 15) is 4.79 Å². The number of likely N-dealkylation sites (tertiary alicyclic amines) is 1. The van der Waals surface area contributed by atoms with Crippen LogP contribution in [0.25, 0.3) is 0 Å². The number of hydrogen-bond donors (Lipinski definition) is 1. The van der Waals surface area contributed by atoms with Crippen molar-refractivity contribution < 1.29 is 4.79 Å². The predicted octanol–water partition coefficient (Wildman–Crippen LogP) is 3.17. The summed E-state index contributed by atoms with van der Waals surface area (Å²) < 4.78 is 0.749. The van der Waals surface area contributed by atoms with Crippen LogP contribution in [-0.4, -0.2) is 37.5 Å². The molecule has 1 atom stereocenters. The Morgan fingerprint density at radius 2 is 2.37 bits per heavy atom. The Hall–Kier alpha value is -0.580. The molecule has 1 aliphatic heterocycles. The fourth-order valence-corrected chi connectivity index (χ4v) is 2.91. The van der Waals surface area contributed by atoms with Crippen molar-refractivity contribution in [1.29, 1.82) is 0 Å². The quantitative estimate of drug-likeness (QED) is 0.912. The van der Waals surface area contributed by atoms with Gasteiger partial charge < -0.3 is 10.2 Å². The third-order valence-corrected chi connectivity index (χ3v) is 4.67. The zero-order valence-corrected chi connectivity index (χ0v) is 13.3. The summed E-state index contributed by atoms with van der Waals surface area (Å²) in [4.78, 5) is 14.4. The third-order valence-electron chi connectivity index (χ3n) is 3.46. The first-order chi connectivity index (χ1) is 9.06. The van der Waals surface area contributed by atoms with Gasteiger partial charge in [0.1, 0.15) is 0 Å². The van der Waals surface area contributed by atoms with Gasteiger partial charge in [0.2, 0.25) is 0 Å². The van der Waals surface area contributed by atoms with Crippen LogP contribution >= 0.6 is 27.5 Å². The number of hydrogen-bond acceptors (Lipinski definition) is 2. The maximum absolute atomic E-state index is 12.0. The lowest BCUT2D eigenvalue weighted by atomic mass is 9.98. The Kier molecular flexibility index (Phi) is 5.25. The van der Waals surface area contributed by atoms with Crippen LogP contribution in [0.15, 0.2) is 22.7 Å². The molecule has 1 N–H and O–H groups in total. The summed E-state index contributed by atoms with van der Waals surface area (Å²) >= 11 is 9.25. The van der Waals surface area contributed by atoms with Gasteiger partial charge in [0.25, 0.3) is 5.91 Å². The number of amides is 1. The van der Waals surface area contributed by atoms with Crippen molar-refractivity contribution in [2.75, 3.05) is 26.7 Å². The molecule has 1 saturated heterocycles. The van der Waals surface area contributed by atoms with Gasteiger partial charge in [-0.2, -0.15) is 0 Å². The molecule has 0 radical (unpaired) electrons. The lowest BCUT2D eigenvalue weighted by Crippen LogP contribution is -2.39. The molecule has 0 saturated carbocycles. The van der Waals surface area contributed by atoms with E-state index in [1.54, 1.807) is 18.2 Å². The van der Waals surface area contributed by atoms with Gasteiger partial charge in [0.05, 0.1) is 5.02 Å².